The topological polar surface area (TPSA) is 68.5 Å². The molecule has 0 spiro atoms. The number of halogens is 1. The lowest BCUT2D eigenvalue weighted by molar-refractivity contribution is -0.131. The van der Waals surface area contributed by atoms with Crippen molar-refractivity contribution < 1.29 is 14.0 Å². The van der Waals surface area contributed by atoms with Crippen molar-refractivity contribution in [1.29, 1.82) is 0 Å². The minimum atomic E-state index is -0.680. The van der Waals surface area contributed by atoms with Gasteiger partial charge in [-0.1, -0.05) is 17.3 Å². The van der Waals surface area contributed by atoms with Crippen LogP contribution in [0.3, 0.4) is 0 Å². The Balaban J connectivity index is 1.58. The molecule has 0 bridgehead atoms. The van der Waals surface area contributed by atoms with E-state index in [0.29, 0.717) is 12.1 Å². The fourth-order valence-corrected chi connectivity index (χ4v) is 2.50. The van der Waals surface area contributed by atoms with Crippen LogP contribution in [0.25, 0.3) is 0 Å². The van der Waals surface area contributed by atoms with Crippen LogP contribution in [-0.2, 0) is 16.2 Å². The second-order valence-corrected chi connectivity index (χ2v) is 5.67. The van der Waals surface area contributed by atoms with Crippen molar-refractivity contribution >= 4 is 11.6 Å². The monoisotopic (exact) mass is 330 g/mol. The maximum absolute atomic E-state index is 13.0. The number of carbonyl (C=O) groups is 1. The molecule has 0 fully saturated rings. The van der Waals surface area contributed by atoms with E-state index in [9.17, 15) is 9.18 Å². The largest absolute Gasteiger partial charge is 0.382 e. The number of aryl methyl sites for hydroxylation is 1. The number of amides is 1. The van der Waals surface area contributed by atoms with Crippen LogP contribution in [0, 0.1) is 5.82 Å². The number of benzene rings is 1. The minimum Gasteiger partial charge on any atom is -0.382 e. The predicted molar refractivity (Wildman–Crippen MR) is 86.9 cm³/mol. The van der Waals surface area contributed by atoms with Gasteiger partial charge in [0.15, 0.2) is 0 Å². The lowest BCUT2D eigenvalue weighted by Crippen LogP contribution is -2.36. The summed E-state index contributed by atoms with van der Waals surface area (Å²) in [6, 6.07) is 7.62. The van der Waals surface area contributed by atoms with Crippen molar-refractivity contribution in [2.45, 2.75) is 39.0 Å². The molecule has 3 rings (SSSR count). The third-order valence-corrected chi connectivity index (χ3v) is 3.93. The third-order valence-electron chi connectivity index (χ3n) is 3.93. The Kier molecular flexibility index (Phi) is 4.59. The molecule has 1 aromatic carbocycles. The molecule has 1 aliphatic heterocycles. The molecule has 1 aromatic heterocycles. The Bertz CT molecular complexity index is 754. The van der Waals surface area contributed by atoms with Crippen molar-refractivity contribution in [3.05, 3.63) is 53.6 Å². The van der Waals surface area contributed by atoms with Gasteiger partial charge >= 0.3 is 0 Å². The van der Waals surface area contributed by atoms with E-state index in [1.807, 2.05) is 26.1 Å². The molecule has 2 unspecified atom stereocenters. The molecule has 6 nitrogen and oxygen atoms in total. The van der Waals surface area contributed by atoms with Crippen molar-refractivity contribution in [2.24, 2.45) is 5.16 Å². The summed E-state index contributed by atoms with van der Waals surface area (Å²) in [6.45, 7) is 4.65. The van der Waals surface area contributed by atoms with Crippen LogP contribution in [0.5, 0.6) is 0 Å². The predicted octanol–water partition coefficient (Wildman–Crippen LogP) is 2.41. The molecule has 2 aromatic rings. The second-order valence-electron chi connectivity index (χ2n) is 5.67. The molecule has 0 radical (unpaired) electrons. The Morgan fingerprint density at radius 2 is 2.17 bits per heavy atom. The number of rotatable bonds is 5. The number of aromatic nitrogens is 2. The lowest BCUT2D eigenvalue weighted by atomic mass is 10.0. The number of nitrogens with zero attached hydrogens (tertiary/aromatic N) is 3. The average Bonchev–Trinajstić information content (AvgIpc) is 3.25. The smallest absolute Gasteiger partial charge is 0.264 e. The van der Waals surface area contributed by atoms with E-state index in [1.54, 1.807) is 16.8 Å². The zero-order valence-corrected chi connectivity index (χ0v) is 13.6. The van der Waals surface area contributed by atoms with Gasteiger partial charge in [-0.25, -0.2) is 4.39 Å². The SMILES string of the molecule is CCn1ccc(C(C)NC(=O)C2CC(c3ccc(F)cc3)=NO2)n1. The molecule has 1 aliphatic rings. The Hall–Kier alpha value is -2.70. The summed E-state index contributed by atoms with van der Waals surface area (Å²) in [5.74, 6) is -0.553. The highest BCUT2D eigenvalue weighted by Gasteiger charge is 2.30. The Morgan fingerprint density at radius 3 is 2.83 bits per heavy atom. The Labute approximate surface area is 139 Å². The van der Waals surface area contributed by atoms with Crippen molar-refractivity contribution in [1.82, 2.24) is 15.1 Å². The first-order valence-electron chi connectivity index (χ1n) is 7.89. The molecule has 0 saturated carbocycles. The summed E-state index contributed by atoms with van der Waals surface area (Å²) in [5, 5.41) is 11.2. The first kappa shape index (κ1) is 16.2. The lowest BCUT2D eigenvalue weighted by Gasteiger charge is -2.14. The highest BCUT2D eigenvalue weighted by Crippen LogP contribution is 2.18. The summed E-state index contributed by atoms with van der Waals surface area (Å²) in [6.07, 6.45) is 1.55. The minimum absolute atomic E-state index is 0.219. The summed E-state index contributed by atoms with van der Waals surface area (Å²) in [4.78, 5) is 17.6. The number of nitrogens with one attached hydrogen (secondary N) is 1. The first-order chi connectivity index (χ1) is 11.6. The van der Waals surface area contributed by atoms with Gasteiger partial charge in [-0.2, -0.15) is 5.10 Å². The van der Waals surface area contributed by atoms with Gasteiger partial charge in [0.1, 0.15) is 5.82 Å². The van der Waals surface area contributed by atoms with Gasteiger partial charge in [-0.3, -0.25) is 9.48 Å². The number of hydrogen-bond acceptors (Lipinski definition) is 4. The summed E-state index contributed by atoms with van der Waals surface area (Å²) in [7, 11) is 0. The maximum Gasteiger partial charge on any atom is 0.264 e. The van der Waals surface area contributed by atoms with Crippen LogP contribution in [-0.4, -0.2) is 27.5 Å². The van der Waals surface area contributed by atoms with Crippen molar-refractivity contribution in [3.8, 4) is 0 Å². The molecule has 1 N–H and O–H groups in total. The van der Waals surface area contributed by atoms with Gasteiger partial charge < -0.3 is 10.2 Å². The molecule has 1 amide bonds. The summed E-state index contributed by atoms with van der Waals surface area (Å²) >= 11 is 0. The number of oxime groups is 1. The van der Waals surface area contributed by atoms with Crippen LogP contribution in [0.15, 0.2) is 41.7 Å². The van der Waals surface area contributed by atoms with E-state index in [2.05, 4.69) is 15.6 Å². The highest BCUT2D eigenvalue weighted by molar-refractivity contribution is 6.04. The quantitative estimate of drug-likeness (QED) is 0.915. The zero-order valence-electron chi connectivity index (χ0n) is 13.6. The van der Waals surface area contributed by atoms with E-state index in [0.717, 1.165) is 17.8 Å². The fourth-order valence-electron chi connectivity index (χ4n) is 2.50. The molecular formula is C17H19FN4O2. The van der Waals surface area contributed by atoms with Gasteiger partial charge in [0.05, 0.1) is 17.4 Å². The van der Waals surface area contributed by atoms with Gasteiger partial charge in [0, 0.05) is 19.2 Å². The van der Waals surface area contributed by atoms with Crippen LogP contribution in [0.1, 0.15) is 37.6 Å². The van der Waals surface area contributed by atoms with E-state index in [-0.39, 0.29) is 17.8 Å². The van der Waals surface area contributed by atoms with E-state index >= 15 is 0 Å². The van der Waals surface area contributed by atoms with E-state index < -0.39 is 6.10 Å². The highest BCUT2D eigenvalue weighted by atomic mass is 19.1. The average molecular weight is 330 g/mol. The van der Waals surface area contributed by atoms with Crippen LogP contribution >= 0.6 is 0 Å². The van der Waals surface area contributed by atoms with E-state index in [1.165, 1.54) is 12.1 Å². The number of hydrogen-bond donors (Lipinski definition) is 1. The maximum atomic E-state index is 13.0. The normalized spacial score (nSPS) is 18.0. The molecular weight excluding hydrogens is 311 g/mol. The third kappa shape index (κ3) is 3.45. The van der Waals surface area contributed by atoms with Crippen molar-refractivity contribution in [2.75, 3.05) is 0 Å². The van der Waals surface area contributed by atoms with Crippen molar-refractivity contribution in [3.63, 3.8) is 0 Å². The number of carbonyl (C=O) groups excluding carboxylic acids is 1. The van der Waals surface area contributed by atoms with Gasteiger partial charge in [0.2, 0.25) is 6.10 Å². The molecule has 2 heterocycles. The van der Waals surface area contributed by atoms with Gasteiger partial charge in [0.25, 0.3) is 5.91 Å². The molecule has 0 saturated heterocycles. The molecule has 126 valence electrons. The summed E-state index contributed by atoms with van der Waals surface area (Å²) in [5.41, 5.74) is 2.18. The Morgan fingerprint density at radius 1 is 1.42 bits per heavy atom. The molecule has 0 aliphatic carbocycles. The van der Waals surface area contributed by atoms with Crippen LogP contribution < -0.4 is 5.32 Å². The summed E-state index contributed by atoms with van der Waals surface area (Å²) < 4.78 is 14.8. The fraction of sp³-hybridized carbons (Fsp3) is 0.353. The first-order valence-corrected chi connectivity index (χ1v) is 7.89. The zero-order chi connectivity index (χ0) is 17.1. The molecule has 2 atom stereocenters. The second kappa shape index (κ2) is 6.82. The van der Waals surface area contributed by atoms with E-state index in [4.69, 9.17) is 4.84 Å². The molecule has 24 heavy (non-hydrogen) atoms. The molecule has 7 heteroatoms. The standard InChI is InChI=1S/C17H19FN4O2/c1-3-22-9-8-14(20-22)11(2)19-17(23)16-10-15(21-24-16)12-4-6-13(18)7-5-12/h4-9,11,16H,3,10H2,1-2H3,(H,19,23). The van der Waals surface area contributed by atoms with Crippen LogP contribution in [0.2, 0.25) is 0 Å². The van der Waals surface area contributed by atoms with Crippen LogP contribution in [0.4, 0.5) is 4.39 Å². The van der Waals surface area contributed by atoms with Gasteiger partial charge in [-0.05, 0) is 37.6 Å². The van der Waals surface area contributed by atoms with Gasteiger partial charge in [-0.15, -0.1) is 0 Å².